The van der Waals surface area contributed by atoms with Gasteiger partial charge < -0.3 is 10.4 Å². The molecular formula is C18H22N4O3. The highest BCUT2D eigenvalue weighted by Crippen LogP contribution is 2.44. The Balaban J connectivity index is 1.65. The topological polar surface area (TPSA) is 97.1 Å². The molecule has 0 fully saturated rings. The van der Waals surface area contributed by atoms with Crippen LogP contribution in [0.4, 0.5) is 0 Å². The first-order valence-corrected chi connectivity index (χ1v) is 8.44. The van der Waals surface area contributed by atoms with Crippen LogP contribution in [0.5, 0.6) is 0 Å². The first-order chi connectivity index (χ1) is 12.0. The van der Waals surface area contributed by atoms with Gasteiger partial charge in [-0.2, -0.15) is 0 Å². The number of fused-ring (bicyclic) bond motifs is 1. The lowest BCUT2D eigenvalue weighted by atomic mass is 9.90. The van der Waals surface area contributed by atoms with Crippen LogP contribution in [0.25, 0.3) is 0 Å². The molecule has 2 N–H and O–H groups in total. The highest BCUT2D eigenvalue weighted by Gasteiger charge is 2.32. The number of nitrogens with zero attached hydrogens (tertiary/aromatic N) is 3. The zero-order valence-corrected chi connectivity index (χ0v) is 14.3. The Bertz CT molecular complexity index is 784. The second kappa shape index (κ2) is 7.04. The first kappa shape index (κ1) is 17.1. The summed E-state index contributed by atoms with van der Waals surface area (Å²) in [5.41, 5.74) is 2.81. The van der Waals surface area contributed by atoms with E-state index in [4.69, 9.17) is 5.11 Å². The summed E-state index contributed by atoms with van der Waals surface area (Å²) in [4.78, 5) is 22.9. The molecule has 2 atom stereocenters. The Morgan fingerprint density at radius 3 is 2.72 bits per heavy atom. The molecule has 0 saturated carbocycles. The van der Waals surface area contributed by atoms with Crippen molar-refractivity contribution in [3.05, 3.63) is 47.3 Å². The largest absolute Gasteiger partial charge is 0.480 e. The quantitative estimate of drug-likeness (QED) is 0.837. The van der Waals surface area contributed by atoms with Crippen molar-refractivity contribution in [3.8, 4) is 0 Å². The van der Waals surface area contributed by atoms with E-state index in [1.165, 1.54) is 17.3 Å². The normalized spacial score (nSPS) is 19.0. The molecule has 25 heavy (non-hydrogen) atoms. The smallest absolute Gasteiger partial charge is 0.325 e. The summed E-state index contributed by atoms with van der Waals surface area (Å²) in [5.74, 6) is -0.0183. The van der Waals surface area contributed by atoms with E-state index in [-0.39, 0.29) is 24.1 Å². The fraction of sp³-hybridized carbons (Fsp3) is 0.444. The zero-order chi connectivity index (χ0) is 18.0. The molecule has 1 amide bonds. The highest BCUT2D eigenvalue weighted by atomic mass is 16.4. The van der Waals surface area contributed by atoms with Gasteiger partial charge in [0.2, 0.25) is 0 Å². The van der Waals surface area contributed by atoms with Gasteiger partial charge >= 0.3 is 5.97 Å². The fourth-order valence-electron chi connectivity index (χ4n) is 3.53. The van der Waals surface area contributed by atoms with Gasteiger partial charge in [0, 0.05) is 12.5 Å². The monoisotopic (exact) mass is 342 g/mol. The van der Waals surface area contributed by atoms with Gasteiger partial charge in [-0.25, -0.2) is 4.68 Å². The minimum atomic E-state index is -1.03. The number of carbonyl (C=O) groups excluding carboxylic acids is 1. The van der Waals surface area contributed by atoms with E-state index in [1.807, 2.05) is 6.07 Å². The molecule has 0 unspecified atom stereocenters. The lowest BCUT2D eigenvalue weighted by Crippen LogP contribution is -2.28. The maximum Gasteiger partial charge on any atom is 0.325 e. The van der Waals surface area contributed by atoms with E-state index in [2.05, 4.69) is 47.7 Å². The summed E-state index contributed by atoms with van der Waals surface area (Å²) >= 11 is 0. The SMILES string of the molecule is CC(C)[C@@H]1C[C@H](CNC(=O)c2cn(CC(=O)O)nn2)c2ccccc21. The number of amides is 1. The number of hydrogen-bond donors (Lipinski definition) is 2. The molecule has 1 aliphatic carbocycles. The number of carboxylic acid groups (broad SMARTS) is 1. The van der Waals surface area contributed by atoms with Crippen molar-refractivity contribution in [2.24, 2.45) is 5.92 Å². The molecule has 1 heterocycles. The van der Waals surface area contributed by atoms with Crippen LogP contribution < -0.4 is 5.32 Å². The van der Waals surface area contributed by atoms with Crippen LogP contribution in [0.2, 0.25) is 0 Å². The molecule has 3 rings (SSSR count). The number of aliphatic carboxylic acids is 1. The van der Waals surface area contributed by atoms with Crippen molar-refractivity contribution >= 4 is 11.9 Å². The average Bonchev–Trinajstić information content (AvgIpc) is 3.17. The van der Waals surface area contributed by atoms with Crippen LogP contribution in [-0.4, -0.2) is 38.5 Å². The van der Waals surface area contributed by atoms with Crippen LogP contribution in [0.15, 0.2) is 30.5 Å². The van der Waals surface area contributed by atoms with E-state index >= 15 is 0 Å². The van der Waals surface area contributed by atoms with Gasteiger partial charge in [-0.05, 0) is 29.4 Å². The Morgan fingerprint density at radius 2 is 2.04 bits per heavy atom. The van der Waals surface area contributed by atoms with E-state index in [0.717, 1.165) is 11.1 Å². The molecule has 0 bridgehead atoms. The maximum absolute atomic E-state index is 12.3. The Labute approximate surface area is 146 Å². The minimum absolute atomic E-state index is 0.132. The van der Waals surface area contributed by atoms with Gasteiger partial charge in [0.1, 0.15) is 6.54 Å². The van der Waals surface area contributed by atoms with Crippen LogP contribution in [0, 0.1) is 5.92 Å². The molecular weight excluding hydrogens is 320 g/mol. The van der Waals surface area contributed by atoms with E-state index in [0.29, 0.717) is 18.4 Å². The van der Waals surface area contributed by atoms with Crippen molar-refractivity contribution in [2.45, 2.75) is 38.6 Å². The Morgan fingerprint density at radius 1 is 1.32 bits per heavy atom. The average molecular weight is 342 g/mol. The third kappa shape index (κ3) is 3.70. The fourth-order valence-corrected chi connectivity index (χ4v) is 3.53. The van der Waals surface area contributed by atoms with Crippen molar-refractivity contribution in [1.29, 1.82) is 0 Å². The molecule has 2 aromatic rings. The Hall–Kier alpha value is -2.70. The standard InChI is InChI=1S/C18H22N4O3/c1-11(2)15-7-12(13-5-3-4-6-14(13)15)8-19-18(25)16-9-22(21-20-16)10-17(23)24/h3-6,9,11-12,15H,7-8,10H2,1-2H3,(H,19,25)(H,23,24)/t12-,15+/m1/s1. The molecule has 0 aliphatic heterocycles. The lowest BCUT2D eigenvalue weighted by Gasteiger charge is -2.16. The molecule has 7 nitrogen and oxygen atoms in total. The molecule has 7 heteroatoms. The summed E-state index contributed by atoms with van der Waals surface area (Å²) in [7, 11) is 0. The van der Waals surface area contributed by atoms with Gasteiger partial charge in [-0.1, -0.05) is 43.3 Å². The zero-order valence-electron chi connectivity index (χ0n) is 14.3. The third-order valence-corrected chi connectivity index (χ3v) is 4.76. The van der Waals surface area contributed by atoms with Crippen molar-refractivity contribution in [2.75, 3.05) is 6.54 Å². The van der Waals surface area contributed by atoms with E-state index in [9.17, 15) is 9.59 Å². The predicted octanol–water partition coefficient (Wildman–Crippen LogP) is 2.02. The number of nitrogens with one attached hydrogen (secondary N) is 1. The van der Waals surface area contributed by atoms with Gasteiger partial charge in [-0.3, -0.25) is 9.59 Å². The number of rotatable bonds is 6. The van der Waals surface area contributed by atoms with Gasteiger partial charge in [0.05, 0.1) is 6.20 Å². The molecule has 1 aromatic heterocycles. The molecule has 132 valence electrons. The number of benzene rings is 1. The summed E-state index contributed by atoms with van der Waals surface area (Å²) in [6.07, 6.45) is 2.37. The first-order valence-electron chi connectivity index (χ1n) is 8.44. The van der Waals surface area contributed by atoms with Crippen LogP contribution in [-0.2, 0) is 11.3 Å². The Kier molecular flexibility index (Phi) is 4.83. The number of carbonyl (C=O) groups is 2. The van der Waals surface area contributed by atoms with Crippen LogP contribution in [0.1, 0.15) is 53.7 Å². The minimum Gasteiger partial charge on any atom is -0.480 e. The highest BCUT2D eigenvalue weighted by molar-refractivity contribution is 5.91. The number of aromatic nitrogens is 3. The molecule has 0 saturated heterocycles. The predicted molar refractivity (Wildman–Crippen MR) is 91.4 cm³/mol. The summed E-state index contributed by atoms with van der Waals surface area (Å²) < 4.78 is 1.14. The molecule has 1 aromatic carbocycles. The van der Waals surface area contributed by atoms with Crippen molar-refractivity contribution in [1.82, 2.24) is 20.3 Å². The summed E-state index contributed by atoms with van der Waals surface area (Å²) in [5, 5.41) is 19.0. The molecule has 1 aliphatic rings. The van der Waals surface area contributed by atoms with E-state index in [1.54, 1.807) is 0 Å². The summed E-state index contributed by atoms with van der Waals surface area (Å²) in [6.45, 7) is 4.67. The van der Waals surface area contributed by atoms with Gasteiger partial charge in [0.15, 0.2) is 5.69 Å². The van der Waals surface area contributed by atoms with Crippen molar-refractivity contribution in [3.63, 3.8) is 0 Å². The van der Waals surface area contributed by atoms with Crippen molar-refractivity contribution < 1.29 is 14.7 Å². The summed E-state index contributed by atoms with van der Waals surface area (Å²) in [6, 6.07) is 8.42. The number of carboxylic acids is 1. The third-order valence-electron chi connectivity index (χ3n) is 4.76. The van der Waals surface area contributed by atoms with Gasteiger partial charge in [-0.15, -0.1) is 5.10 Å². The lowest BCUT2D eigenvalue weighted by molar-refractivity contribution is -0.137. The number of hydrogen-bond acceptors (Lipinski definition) is 4. The van der Waals surface area contributed by atoms with E-state index < -0.39 is 5.97 Å². The molecule has 0 spiro atoms. The van der Waals surface area contributed by atoms with Gasteiger partial charge in [0.25, 0.3) is 5.91 Å². The second-order valence-corrected chi connectivity index (χ2v) is 6.82. The second-order valence-electron chi connectivity index (χ2n) is 6.82. The van der Waals surface area contributed by atoms with Crippen LogP contribution >= 0.6 is 0 Å². The van der Waals surface area contributed by atoms with Crippen LogP contribution in [0.3, 0.4) is 0 Å². The molecule has 0 radical (unpaired) electrons. The maximum atomic E-state index is 12.3.